The Balaban J connectivity index is 1.56. The van der Waals surface area contributed by atoms with Crippen LogP contribution >= 0.6 is 0 Å². The van der Waals surface area contributed by atoms with E-state index in [1.54, 1.807) is 12.1 Å². The summed E-state index contributed by atoms with van der Waals surface area (Å²) in [4.78, 5) is 29.5. The van der Waals surface area contributed by atoms with E-state index < -0.39 is 5.41 Å². The molecule has 0 amide bonds. The molecule has 4 rings (SSSR count). The molecule has 0 saturated heterocycles. The third kappa shape index (κ3) is 4.23. The molecule has 0 spiro atoms. The third-order valence-corrected chi connectivity index (χ3v) is 5.19. The number of nitriles is 1. The van der Waals surface area contributed by atoms with Crippen molar-refractivity contribution in [2.75, 3.05) is 11.1 Å². The number of carbonyl (C=O) groups excluding carboxylic acids is 1. The van der Waals surface area contributed by atoms with Crippen LogP contribution < -0.4 is 11.1 Å². The molecule has 0 aliphatic rings. The molecule has 0 atom stereocenters. The predicted octanol–water partition coefficient (Wildman–Crippen LogP) is 3.97. The molecule has 0 aliphatic heterocycles. The van der Waals surface area contributed by atoms with Gasteiger partial charge in [-0.25, -0.2) is 19.9 Å². The lowest BCUT2D eigenvalue weighted by atomic mass is 9.85. The van der Waals surface area contributed by atoms with Crippen LogP contribution in [0.3, 0.4) is 0 Å². The maximum atomic E-state index is 12.9. The van der Waals surface area contributed by atoms with Gasteiger partial charge in [0.05, 0.1) is 11.5 Å². The molecule has 2 aromatic heterocycles. The normalized spacial score (nSPS) is 11.2. The number of carbonyl (C=O) groups is 1. The van der Waals surface area contributed by atoms with Crippen LogP contribution in [-0.4, -0.2) is 25.7 Å². The molecule has 0 aliphatic carbocycles. The average molecular weight is 423 g/mol. The van der Waals surface area contributed by atoms with Crippen molar-refractivity contribution in [3.05, 3.63) is 77.9 Å². The molecule has 3 N–H and O–H groups in total. The molecular weight excluding hydrogens is 402 g/mol. The van der Waals surface area contributed by atoms with Gasteiger partial charge >= 0.3 is 0 Å². The number of ketones is 1. The fourth-order valence-electron chi connectivity index (χ4n) is 3.32. The van der Waals surface area contributed by atoms with Gasteiger partial charge in [-0.05, 0) is 43.2 Å². The summed E-state index contributed by atoms with van der Waals surface area (Å²) in [6.07, 6.45) is 2.99. The van der Waals surface area contributed by atoms with E-state index in [9.17, 15) is 10.1 Å². The van der Waals surface area contributed by atoms with Gasteiger partial charge in [-0.3, -0.25) is 4.79 Å². The lowest BCUT2D eigenvalue weighted by Crippen LogP contribution is -2.15. The van der Waals surface area contributed by atoms with Crippen molar-refractivity contribution in [3.63, 3.8) is 0 Å². The molecule has 4 aromatic rings. The van der Waals surface area contributed by atoms with Crippen LogP contribution in [0.25, 0.3) is 11.0 Å². The number of hydrogen-bond donors (Lipinski definition) is 2. The summed E-state index contributed by atoms with van der Waals surface area (Å²) in [5.74, 6) is 0.756. The second-order valence-electron chi connectivity index (χ2n) is 7.92. The molecule has 32 heavy (non-hydrogen) atoms. The van der Waals surface area contributed by atoms with Crippen molar-refractivity contribution in [2.24, 2.45) is 0 Å². The average Bonchev–Trinajstić information content (AvgIpc) is 2.80. The Morgan fingerprint density at radius 2 is 1.78 bits per heavy atom. The molecule has 0 unspecified atom stereocenters. The number of nitrogens with one attached hydrogen (secondary N) is 1. The van der Waals surface area contributed by atoms with Crippen molar-refractivity contribution >= 4 is 34.1 Å². The molecule has 8 nitrogen and oxygen atoms in total. The summed E-state index contributed by atoms with van der Waals surface area (Å²) in [6.45, 7) is 3.67. The lowest BCUT2D eigenvalue weighted by Gasteiger charge is -2.16. The highest BCUT2D eigenvalue weighted by atomic mass is 16.1. The topological polar surface area (TPSA) is 130 Å². The highest BCUT2D eigenvalue weighted by molar-refractivity contribution is 5.98. The Morgan fingerprint density at radius 1 is 1.03 bits per heavy atom. The van der Waals surface area contributed by atoms with Crippen LogP contribution in [0.5, 0.6) is 0 Å². The van der Waals surface area contributed by atoms with E-state index in [1.807, 2.05) is 50.2 Å². The second kappa shape index (κ2) is 8.40. The van der Waals surface area contributed by atoms with Crippen LogP contribution in [0.15, 0.2) is 61.2 Å². The SMILES string of the molecule is CC(C)(C#N)c1cccc(C(=O)Cc2cccc(Nc3ncnc4c(N)ncnc34)c2)c1. The molecule has 2 aromatic carbocycles. The first-order valence-corrected chi connectivity index (χ1v) is 9.99. The summed E-state index contributed by atoms with van der Waals surface area (Å²) in [6, 6.07) is 17.1. The van der Waals surface area contributed by atoms with E-state index in [1.165, 1.54) is 12.7 Å². The first-order valence-electron chi connectivity index (χ1n) is 9.99. The van der Waals surface area contributed by atoms with E-state index >= 15 is 0 Å². The van der Waals surface area contributed by atoms with E-state index in [0.717, 1.165) is 16.8 Å². The minimum atomic E-state index is -0.659. The minimum absolute atomic E-state index is 0.0225. The smallest absolute Gasteiger partial charge is 0.167 e. The highest BCUT2D eigenvalue weighted by Gasteiger charge is 2.21. The number of nitrogen functional groups attached to an aromatic ring is 1. The van der Waals surface area contributed by atoms with Gasteiger partial charge in [0.25, 0.3) is 0 Å². The number of benzene rings is 2. The Kier molecular flexibility index (Phi) is 5.48. The van der Waals surface area contributed by atoms with Crippen LogP contribution in [0.4, 0.5) is 17.3 Å². The van der Waals surface area contributed by atoms with E-state index in [2.05, 4.69) is 31.3 Å². The first-order chi connectivity index (χ1) is 15.4. The summed E-state index contributed by atoms with van der Waals surface area (Å²) >= 11 is 0. The van der Waals surface area contributed by atoms with Crippen molar-refractivity contribution < 1.29 is 4.79 Å². The monoisotopic (exact) mass is 423 g/mol. The summed E-state index contributed by atoms with van der Waals surface area (Å²) in [5.41, 5.74) is 9.20. The van der Waals surface area contributed by atoms with Gasteiger partial charge < -0.3 is 11.1 Å². The van der Waals surface area contributed by atoms with Gasteiger partial charge in [0.2, 0.25) is 0 Å². The van der Waals surface area contributed by atoms with Gasteiger partial charge in [0.15, 0.2) is 17.4 Å². The van der Waals surface area contributed by atoms with Gasteiger partial charge in [-0.15, -0.1) is 0 Å². The third-order valence-electron chi connectivity index (χ3n) is 5.19. The molecule has 2 heterocycles. The van der Waals surface area contributed by atoms with Crippen molar-refractivity contribution in [1.82, 2.24) is 19.9 Å². The first kappa shape index (κ1) is 20.9. The van der Waals surface area contributed by atoms with Crippen molar-refractivity contribution in [3.8, 4) is 6.07 Å². The summed E-state index contributed by atoms with van der Waals surface area (Å²) in [7, 11) is 0. The van der Waals surface area contributed by atoms with Crippen LogP contribution in [0.1, 0.15) is 35.3 Å². The van der Waals surface area contributed by atoms with Crippen LogP contribution in [0, 0.1) is 11.3 Å². The fourth-order valence-corrected chi connectivity index (χ4v) is 3.32. The number of Topliss-reactive ketones (excluding diaryl/α,β-unsaturated/α-hetero) is 1. The Morgan fingerprint density at radius 3 is 2.59 bits per heavy atom. The summed E-state index contributed by atoms with van der Waals surface area (Å²) < 4.78 is 0. The quantitative estimate of drug-likeness (QED) is 0.445. The van der Waals surface area contributed by atoms with E-state index in [0.29, 0.717) is 22.4 Å². The second-order valence-corrected chi connectivity index (χ2v) is 7.92. The Labute approximate surface area is 185 Å². The van der Waals surface area contributed by atoms with Gasteiger partial charge in [0.1, 0.15) is 23.7 Å². The molecule has 8 heteroatoms. The van der Waals surface area contributed by atoms with Crippen LogP contribution in [0.2, 0.25) is 0 Å². The zero-order valence-corrected chi connectivity index (χ0v) is 17.7. The maximum absolute atomic E-state index is 12.9. The van der Waals surface area contributed by atoms with Gasteiger partial charge in [-0.2, -0.15) is 5.26 Å². The number of rotatable bonds is 6. The van der Waals surface area contributed by atoms with Gasteiger partial charge in [0, 0.05) is 17.7 Å². The number of anilines is 3. The molecule has 0 saturated carbocycles. The summed E-state index contributed by atoms with van der Waals surface area (Å²) in [5, 5.41) is 12.6. The number of hydrogen-bond acceptors (Lipinski definition) is 8. The van der Waals surface area contributed by atoms with Gasteiger partial charge in [-0.1, -0.05) is 30.3 Å². The number of aromatic nitrogens is 4. The lowest BCUT2D eigenvalue weighted by molar-refractivity contribution is 0.0993. The fraction of sp³-hybridized carbons (Fsp3) is 0.167. The Hall–Kier alpha value is -4.38. The number of nitrogens with two attached hydrogens (primary N) is 1. The molecule has 0 radical (unpaired) electrons. The number of nitrogens with zero attached hydrogens (tertiary/aromatic N) is 5. The zero-order chi connectivity index (χ0) is 22.7. The molecular formula is C24H21N7O. The Bertz CT molecular complexity index is 1360. The van der Waals surface area contributed by atoms with Crippen molar-refractivity contribution in [1.29, 1.82) is 5.26 Å². The number of fused-ring (bicyclic) bond motifs is 1. The standard InChI is InChI=1S/C24H21N7O/c1-24(2,12-25)17-7-4-6-16(11-17)19(32)10-15-5-3-8-18(9-15)31-23-21-20(27-14-30-23)22(26)29-13-28-21/h3-9,11,13-14H,10H2,1-2H3,(H2,26,28,29)(H,27,30,31). The largest absolute Gasteiger partial charge is 0.382 e. The molecule has 0 fully saturated rings. The molecule has 158 valence electrons. The minimum Gasteiger partial charge on any atom is -0.382 e. The van der Waals surface area contributed by atoms with Crippen molar-refractivity contribution in [2.45, 2.75) is 25.7 Å². The highest BCUT2D eigenvalue weighted by Crippen LogP contribution is 2.25. The molecule has 0 bridgehead atoms. The predicted molar refractivity (Wildman–Crippen MR) is 122 cm³/mol. The zero-order valence-electron chi connectivity index (χ0n) is 17.7. The van der Waals surface area contributed by atoms with Crippen LogP contribution in [-0.2, 0) is 11.8 Å². The van der Waals surface area contributed by atoms with E-state index in [4.69, 9.17) is 5.73 Å². The maximum Gasteiger partial charge on any atom is 0.167 e. The van der Waals surface area contributed by atoms with E-state index in [-0.39, 0.29) is 18.0 Å².